The average Bonchev–Trinajstić information content (AvgIpc) is 3.25. The van der Waals surface area contributed by atoms with Crippen molar-refractivity contribution in [3.05, 3.63) is 0 Å². The lowest BCUT2D eigenvalue weighted by molar-refractivity contribution is -0.303. The summed E-state index contributed by atoms with van der Waals surface area (Å²) < 4.78 is 11.1. The molecule has 0 aromatic carbocycles. The Morgan fingerprint density at radius 3 is 1.41 bits per heavy atom. The van der Waals surface area contributed by atoms with Crippen LogP contribution < -0.4 is 10.6 Å². The molecule has 12 nitrogen and oxygen atoms in total. The number of hydrogen-bond acceptors (Lipinski definition) is 10. The summed E-state index contributed by atoms with van der Waals surface area (Å²) in [6.07, 6.45) is 27.7. The molecule has 1 saturated heterocycles. The average molecular weight is 873 g/mol. The zero-order valence-electron chi connectivity index (χ0n) is 39.1. The lowest BCUT2D eigenvalue weighted by Gasteiger charge is -2.40. The Labute approximate surface area is 372 Å². The van der Waals surface area contributed by atoms with Crippen molar-refractivity contribution >= 4 is 11.8 Å². The van der Waals surface area contributed by atoms with Gasteiger partial charge in [0.15, 0.2) is 6.29 Å². The largest absolute Gasteiger partial charge is 0.394 e. The molecular formula is C49H96N2O10. The lowest BCUT2D eigenvalue weighted by Crippen LogP contribution is -2.60. The van der Waals surface area contributed by atoms with Gasteiger partial charge in [0.25, 0.3) is 0 Å². The molecular weight excluding hydrogens is 777 g/mol. The van der Waals surface area contributed by atoms with E-state index >= 15 is 0 Å². The maximum Gasteiger partial charge on any atom is 0.220 e. The summed E-state index contributed by atoms with van der Waals surface area (Å²) in [4.78, 5) is 25.2. The summed E-state index contributed by atoms with van der Waals surface area (Å²) >= 11 is 0. The van der Waals surface area contributed by atoms with E-state index in [9.17, 15) is 40.2 Å². The van der Waals surface area contributed by atoms with Crippen LogP contribution in [-0.4, -0.2) is 111 Å². The molecule has 0 radical (unpaired) electrons. The zero-order chi connectivity index (χ0) is 44.8. The molecule has 0 aliphatic carbocycles. The molecule has 8 N–H and O–H groups in total. The van der Waals surface area contributed by atoms with Crippen molar-refractivity contribution in [1.82, 2.24) is 10.6 Å². The molecule has 0 aromatic heterocycles. The van der Waals surface area contributed by atoms with Crippen molar-refractivity contribution in [1.29, 1.82) is 0 Å². The first-order valence-electron chi connectivity index (χ1n) is 25.5. The molecule has 1 rings (SSSR count). The number of rotatable bonds is 43. The number of hydrogen-bond donors (Lipinski definition) is 8. The lowest BCUT2D eigenvalue weighted by atomic mass is 9.98. The van der Waals surface area contributed by atoms with Crippen LogP contribution in [-0.2, 0) is 19.1 Å². The normalized spacial score (nSPS) is 20.7. The third-order valence-electron chi connectivity index (χ3n) is 12.5. The van der Waals surface area contributed by atoms with Crippen molar-refractivity contribution in [3.8, 4) is 0 Å². The number of amides is 2. The molecule has 0 aromatic rings. The van der Waals surface area contributed by atoms with Crippen LogP contribution in [0.1, 0.15) is 232 Å². The van der Waals surface area contributed by atoms with Gasteiger partial charge in [-0.3, -0.25) is 9.59 Å². The van der Waals surface area contributed by atoms with Gasteiger partial charge in [-0.1, -0.05) is 194 Å². The van der Waals surface area contributed by atoms with E-state index in [4.69, 9.17) is 9.47 Å². The van der Waals surface area contributed by atoms with Gasteiger partial charge in [0, 0.05) is 19.4 Å². The molecule has 0 saturated carbocycles. The molecule has 362 valence electrons. The maximum atomic E-state index is 13.0. The predicted octanol–water partition coefficient (Wildman–Crippen LogP) is 8.43. The van der Waals surface area contributed by atoms with Crippen molar-refractivity contribution in [2.75, 3.05) is 19.8 Å². The number of nitrogens with one attached hydrogen (secondary N) is 2. The molecule has 0 bridgehead atoms. The van der Waals surface area contributed by atoms with Gasteiger partial charge in [0.1, 0.15) is 30.5 Å². The fourth-order valence-electron chi connectivity index (χ4n) is 8.28. The highest BCUT2D eigenvalue weighted by Gasteiger charge is 2.44. The van der Waals surface area contributed by atoms with Gasteiger partial charge in [0.2, 0.25) is 11.8 Å². The van der Waals surface area contributed by atoms with E-state index in [0.29, 0.717) is 19.3 Å². The standard InChI is InChI=1S/C49H96N2O10/c1-3-5-7-9-11-13-15-17-19-22-26-30-34-41(53)45(56)40(39-60-49-48(59)47(58)46(57)42(38-52)61-49)51-44(55)36-32-28-24-21-25-29-33-37-50-43(54)35-31-27-23-20-18-16-14-12-10-8-6-4-2/h40-42,45-49,52-53,56-59H,3-39H2,1-2H3,(H,50,54)(H,51,55)/t40-,41+,42+,45-,46-,47-,48+,49-/m0/s1. The number of carbonyl (C=O) groups excluding carboxylic acids is 2. The smallest absolute Gasteiger partial charge is 0.220 e. The summed E-state index contributed by atoms with van der Waals surface area (Å²) in [6.45, 7) is 4.28. The van der Waals surface area contributed by atoms with E-state index in [-0.39, 0.29) is 24.8 Å². The van der Waals surface area contributed by atoms with E-state index in [1.165, 1.54) is 116 Å². The van der Waals surface area contributed by atoms with Crippen LogP contribution in [0.3, 0.4) is 0 Å². The number of ether oxygens (including phenoxy) is 2. The number of aliphatic hydroxyl groups is 6. The van der Waals surface area contributed by atoms with Gasteiger partial charge in [-0.15, -0.1) is 0 Å². The quantitative estimate of drug-likeness (QED) is 0.0275. The molecule has 12 heteroatoms. The van der Waals surface area contributed by atoms with Crippen molar-refractivity contribution < 1.29 is 49.7 Å². The molecule has 1 aliphatic rings. The van der Waals surface area contributed by atoms with Crippen LogP contribution in [0.5, 0.6) is 0 Å². The van der Waals surface area contributed by atoms with Crippen molar-refractivity contribution in [2.45, 2.75) is 281 Å². The highest BCUT2D eigenvalue weighted by Crippen LogP contribution is 2.23. The van der Waals surface area contributed by atoms with Crippen LogP contribution in [0.4, 0.5) is 0 Å². The third-order valence-corrected chi connectivity index (χ3v) is 12.5. The molecule has 0 spiro atoms. The van der Waals surface area contributed by atoms with E-state index in [1.807, 2.05) is 0 Å². The van der Waals surface area contributed by atoms with Gasteiger partial charge >= 0.3 is 0 Å². The van der Waals surface area contributed by atoms with Gasteiger partial charge in [-0.2, -0.15) is 0 Å². The molecule has 61 heavy (non-hydrogen) atoms. The van der Waals surface area contributed by atoms with Gasteiger partial charge in [0.05, 0.1) is 25.4 Å². The second-order valence-corrected chi connectivity index (χ2v) is 18.2. The third kappa shape index (κ3) is 30.4. The van der Waals surface area contributed by atoms with E-state index < -0.39 is 55.6 Å². The van der Waals surface area contributed by atoms with Crippen molar-refractivity contribution in [2.24, 2.45) is 0 Å². The minimum absolute atomic E-state index is 0.162. The fraction of sp³-hybridized carbons (Fsp3) is 0.959. The monoisotopic (exact) mass is 873 g/mol. The Balaban J connectivity index is 2.30. The SMILES string of the molecule is CCCCCCCCCCCCCCC(=O)NCCCCCCCCCC(=O)N[C@@H](CO[C@H]1O[C@H](CO)[C@H](O)[C@H](O)[C@H]1O)[C@H](O)[C@H](O)CCCCCCCCCCCCCC. The minimum Gasteiger partial charge on any atom is -0.394 e. The second-order valence-electron chi connectivity index (χ2n) is 18.2. The van der Waals surface area contributed by atoms with Crippen LogP contribution >= 0.6 is 0 Å². The van der Waals surface area contributed by atoms with Gasteiger partial charge in [-0.05, 0) is 25.7 Å². The minimum atomic E-state index is -1.62. The highest BCUT2D eigenvalue weighted by molar-refractivity contribution is 5.76. The Kier molecular flexibility index (Phi) is 37.9. The molecule has 1 aliphatic heterocycles. The van der Waals surface area contributed by atoms with E-state index in [1.54, 1.807) is 0 Å². The molecule has 0 unspecified atom stereocenters. The summed E-state index contributed by atoms with van der Waals surface area (Å²) in [7, 11) is 0. The Bertz CT molecular complexity index is 1010. The summed E-state index contributed by atoms with van der Waals surface area (Å²) in [5.41, 5.74) is 0. The first kappa shape index (κ1) is 57.6. The Hall–Kier alpha value is -1.38. The van der Waals surface area contributed by atoms with E-state index in [0.717, 1.165) is 83.6 Å². The van der Waals surface area contributed by atoms with Crippen LogP contribution in [0.15, 0.2) is 0 Å². The first-order valence-corrected chi connectivity index (χ1v) is 25.5. The summed E-state index contributed by atoms with van der Waals surface area (Å²) in [6, 6.07) is -1.02. The zero-order valence-corrected chi connectivity index (χ0v) is 39.1. The van der Waals surface area contributed by atoms with Crippen LogP contribution in [0, 0.1) is 0 Å². The van der Waals surface area contributed by atoms with E-state index in [2.05, 4.69) is 24.5 Å². The highest BCUT2D eigenvalue weighted by atomic mass is 16.7. The topological polar surface area (TPSA) is 198 Å². The van der Waals surface area contributed by atoms with Gasteiger partial charge in [-0.25, -0.2) is 0 Å². The molecule has 1 fully saturated rings. The fourth-order valence-corrected chi connectivity index (χ4v) is 8.28. The van der Waals surface area contributed by atoms with Crippen molar-refractivity contribution in [3.63, 3.8) is 0 Å². The first-order chi connectivity index (χ1) is 29.7. The second kappa shape index (κ2) is 40.2. The number of unbranched alkanes of at least 4 members (excludes halogenated alkanes) is 28. The summed E-state index contributed by atoms with van der Waals surface area (Å²) in [5.74, 6) is -0.132. The Morgan fingerprint density at radius 2 is 0.951 bits per heavy atom. The van der Waals surface area contributed by atoms with Crippen LogP contribution in [0.25, 0.3) is 0 Å². The molecule has 8 atom stereocenters. The number of aliphatic hydroxyl groups excluding tert-OH is 6. The van der Waals surface area contributed by atoms with Crippen LogP contribution in [0.2, 0.25) is 0 Å². The summed E-state index contributed by atoms with van der Waals surface area (Å²) in [5, 5.41) is 68.3. The number of carbonyl (C=O) groups is 2. The Morgan fingerprint density at radius 1 is 0.541 bits per heavy atom. The molecule has 1 heterocycles. The predicted molar refractivity (Wildman–Crippen MR) is 245 cm³/mol. The molecule has 2 amide bonds. The van der Waals surface area contributed by atoms with Gasteiger partial charge < -0.3 is 50.7 Å². The maximum absolute atomic E-state index is 13.0.